The lowest BCUT2D eigenvalue weighted by Crippen LogP contribution is -2.46. The van der Waals surface area contributed by atoms with Crippen LogP contribution in [0.4, 0.5) is 0 Å². The molecule has 170 valence electrons. The Bertz CT molecular complexity index is 904. The van der Waals surface area contributed by atoms with Gasteiger partial charge in [-0.05, 0) is 50.2 Å². The number of hydrogen-bond acceptors (Lipinski definition) is 3. The molecule has 1 unspecified atom stereocenters. The van der Waals surface area contributed by atoms with Crippen LogP contribution in [0, 0.1) is 6.92 Å². The summed E-state index contributed by atoms with van der Waals surface area (Å²) in [7, 11) is 0. The van der Waals surface area contributed by atoms with Crippen molar-refractivity contribution in [2.24, 2.45) is 0 Å². The number of aryl methyl sites for hydroxylation is 1. The molecule has 2 heterocycles. The second-order valence-corrected chi connectivity index (χ2v) is 9.37. The number of ether oxygens (including phenoxy) is 1. The Kier molecular flexibility index (Phi) is 7.26. The second kappa shape index (κ2) is 10.3. The van der Waals surface area contributed by atoms with Crippen LogP contribution in [0.1, 0.15) is 55.2 Å². The van der Waals surface area contributed by atoms with Crippen LogP contribution < -0.4 is 5.32 Å². The number of carbonyl (C=O) groups is 2. The van der Waals surface area contributed by atoms with Crippen LogP contribution in [0.3, 0.4) is 0 Å². The highest BCUT2D eigenvalue weighted by atomic mass is 16.5. The fourth-order valence-electron chi connectivity index (χ4n) is 4.84. The van der Waals surface area contributed by atoms with Crippen molar-refractivity contribution in [2.45, 2.75) is 70.1 Å². The first-order valence-electron chi connectivity index (χ1n) is 11.8. The molecule has 0 aliphatic carbocycles. The first kappa shape index (κ1) is 22.5. The maximum Gasteiger partial charge on any atom is 0.222 e. The number of carbonyl (C=O) groups excluding carboxylic acids is 2. The van der Waals surface area contributed by atoms with Crippen molar-refractivity contribution in [3.63, 3.8) is 0 Å². The maximum absolute atomic E-state index is 12.9. The number of nitrogens with one attached hydrogen (secondary N) is 1. The third-order valence-electron chi connectivity index (χ3n) is 6.84. The van der Waals surface area contributed by atoms with Gasteiger partial charge in [0.15, 0.2) is 0 Å². The molecule has 0 radical (unpaired) electrons. The quantitative estimate of drug-likeness (QED) is 0.678. The van der Waals surface area contributed by atoms with Crippen LogP contribution in [0.5, 0.6) is 0 Å². The van der Waals surface area contributed by atoms with Crippen LogP contribution in [-0.2, 0) is 27.4 Å². The zero-order valence-electron chi connectivity index (χ0n) is 19.0. The summed E-state index contributed by atoms with van der Waals surface area (Å²) < 4.78 is 6.06. The number of benzene rings is 2. The summed E-state index contributed by atoms with van der Waals surface area (Å²) >= 11 is 0. The summed E-state index contributed by atoms with van der Waals surface area (Å²) in [4.78, 5) is 26.9. The normalized spacial score (nSPS) is 21.5. The van der Waals surface area contributed by atoms with E-state index in [1.54, 1.807) is 0 Å². The van der Waals surface area contributed by atoms with E-state index in [0.717, 1.165) is 38.8 Å². The predicted octanol–water partition coefficient (Wildman–Crippen LogP) is 4.17. The largest absolute Gasteiger partial charge is 0.373 e. The van der Waals surface area contributed by atoms with Crippen molar-refractivity contribution in [3.8, 4) is 0 Å². The smallest absolute Gasteiger partial charge is 0.222 e. The lowest BCUT2D eigenvalue weighted by molar-refractivity contribution is -0.134. The van der Waals surface area contributed by atoms with E-state index in [4.69, 9.17) is 4.74 Å². The predicted molar refractivity (Wildman–Crippen MR) is 125 cm³/mol. The molecule has 2 saturated heterocycles. The average molecular weight is 435 g/mol. The number of nitrogens with zero attached hydrogens (tertiary/aromatic N) is 1. The lowest BCUT2D eigenvalue weighted by Gasteiger charge is -2.34. The van der Waals surface area contributed by atoms with Gasteiger partial charge in [-0.1, -0.05) is 60.2 Å². The number of piperidine rings is 1. The monoisotopic (exact) mass is 434 g/mol. The van der Waals surface area contributed by atoms with Crippen LogP contribution >= 0.6 is 0 Å². The van der Waals surface area contributed by atoms with E-state index >= 15 is 0 Å². The zero-order chi connectivity index (χ0) is 22.4. The standard InChI is InChI=1S/C27H34N2O3/c1-21-7-9-22(10-8-21)19-27(15-11-25(30)28-27)16-12-26(31)29-17-13-24(14-18-29)32-20-23-5-3-2-4-6-23/h2-10,24H,11-20H2,1H3,(H,28,30). The zero-order valence-corrected chi connectivity index (χ0v) is 19.0. The summed E-state index contributed by atoms with van der Waals surface area (Å²) in [5.41, 5.74) is 3.31. The Morgan fingerprint density at radius 2 is 1.78 bits per heavy atom. The molecule has 5 nitrogen and oxygen atoms in total. The van der Waals surface area contributed by atoms with E-state index in [-0.39, 0.29) is 23.5 Å². The number of hydrogen-bond donors (Lipinski definition) is 1. The molecular formula is C27H34N2O3. The minimum atomic E-state index is -0.306. The Labute approximate surface area is 191 Å². The molecule has 32 heavy (non-hydrogen) atoms. The molecule has 2 aromatic rings. The van der Waals surface area contributed by atoms with Gasteiger partial charge in [0, 0.05) is 31.5 Å². The summed E-state index contributed by atoms with van der Waals surface area (Å²) in [6, 6.07) is 18.7. The molecule has 2 aromatic carbocycles. The van der Waals surface area contributed by atoms with Gasteiger partial charge in [0.05, 0.1) is 12.7 Å². The highest BCUT2D eigenvalue weighted by molar-refractivity contribution is 5.80. The summed E-state index contributed by atoms with van der Waals surface area (Å²) in [5.74, 6) is 0.289. The Hall–Kier alpha value is -2.66. The number of rotatable bonds is 8. The van der Waals surface area contributed by atoms with Crippen molar-refractivity contribution in [2.75, 3.05) is 13.1 Å². The van der Waals surface area contributed by atoms with Crippen molar-refractivity contribution >= 4 is 11.8 Å². The van der Waals surface area contributed by atoms with E-state index < -0.39 is 0 Å². The average Bonchev–Trinajstić information content (AvgIpc) is 3.19. The molecule has 2 fully saturated rings. The minimum Gasteiger partial charge on any atom is -0.373 e. The molecular weight excluding hydrogens is 400 g/mol. The fourth-order valence-corrected chi connectivity index (χ4v) is 4.84. The van der Waals surface area contributed by atoms with Crippen molar-refractivity contribution in [1.82, 2.24) is 10.2 Å². The van der Waals surface area contributed by atoms with Gasteiger partial charge in [-0.3, -0.25) is 9.59 Å². The van der Waals surface area contributed by atoms with Crippen LogP contribution in [0.2, 0.25) is 0 Å². The minimum absolute atomic E-state index is 0.0981. The summed E-state index contributed by atoms with van der Waals surface area (Å²) in [6.07, 6.45) is 5.25. The summed E-state index contributed by atoms with van der Waals surface area (Å²) in [5, 5.41) is 3.20. The van der Waals surface area contributed by atoms with Gasteiger partial charge in [0.1, 0.15) is 0 Å². The molecule has 2 amide bonds. The van der Waals surface area contributed by atoms with Crippen LogP contribution in [0.15, 0.2) is 54.6 Å². The number of amides is 2. The van der Waals surface area contributed by atoms with Gasteiger partial charge in [0.2, 0.25) is 11.8 Å². The second-order valence-electron chi connectivity index (χ2n) is 9.37. The molecule has 0 aromatic heterocycles. The molecule has 0 saturated carbocycles. The maximum atomic E-state index is 12.9. The van der Waals surface area contributed by atoms with Crippen molar-refractivity contribution in [3.05, 3.63) is 71.3 Å². The molecule has 0 spiro atoms. The third-order valence-corrected chi connectivity index (χ3v) is 6.84. The first-order chi connectivity index (χ1) is 15.5. The van der Waals surface area contributed by atoms with Gasteiger partial charge >= 0.3 is 0 Å². The molecule has 2 aliphatic heterocycles. The van der Waals surface area contributed by atoms with E-state index in [0.29, 0.717) is 25.9 Å². The first-order valence-corrected chi connectivity index (χ1v) is 11.8. The molecule has 4 rings (SSSR count). The molecule has 1 atom stereocenters. The van der Waals surface area contributed by atoms with Crippen molar-refractivity contribution in [1.29, 1.82) is 0 Å². The molecule has 0 bridgehead atoms. The highest BCUT2D eigenvalue weighted by Gasteiger charge is 2.38. The Morgan fingerprint density at radius 1 is 1.06 bits per heavy atom. The number of likely N-dealkylation sites (tertiary alicyclic amines) is 1. The SMILES string of the molecule is Cc1ccc(CC2(CCC(=O)N3CCC(OCc4ccccc4)CC3)CCC(=O)N2)cc1. The van der Waals surface area contributed by atoms with E-state index in [1.165, 1.54) is 16.7 Å². The topological polar surface area (TPSA) is 58.6 Å². The third kappa shape index (κ3) is 5.98. The van der Waals surface area contributed by atoms with E-state index in [1.807, 2.05) is 23.1 Å². The van der Waals surface area contributed by atoms with Crippen LogP contribution in [-0.4, -0.2) is 41.4 Å². The van der Waals surface area contributed by atoms with Gasteiger partial charge < -0.3 is 15.0 Å². The molecule has 5 heteroatoms. The molecule has 1 N–H and O–H groups in total. The summed E-state index contributed by atoms with van der Waals surface area (Å²) in [6.45, 7) is 4.19. The molecule has 2 aliphatic rings. The van der Waals surface area contributed by atoms with E-state index in [9.17, 15) is 9.59 Å². The highest BCUT2D eigenvalue weighted by Crippen LogP contribution is 2.30. The Morgan fingerprint density at radius 3 is 2.44 bits per heavy atom. The fraction of sp³-hybridized carbons (Fsp3) is 0.481. The van der Waals surface area contributed by atoms with Crippen molar-refractivity contribution < 1.29 is 14.3 Å². The van der Waals surface area contributed by atoms with Gasteiger partial charge in [-0.15, -0.1) is 0 Å². The van der Waals surface area contributed by atoms with Gasteiger partial charge in [-0.2, -0.15) is 0 Å². The van der Waals surface area contributed by atoms with Gasteiger partial charge in [0.25, 0.3) is 0 Å². The lowest BCUT2D eigenvalue weighted by atomic mass is 9.84. The van der Waals surface area contributed by atoms with E-state index in [2.05, 4.69) is 48.6 Å². The van der Waals surface area contributed by atoms with Gasteiger partial charge in [-0.25, -0.2) is 0 Å². The Balaban J connectivity index is 1.25. The van der Waals surface area contributed by atoms with Crippen LogP contribution in [0.25, 0.3) is 0 Å².